The van der Waals surface area contributed by atoms with Gasteiger partial charge in [-0.25, -0.2) is 4.79 Å². The number of hydrogen-bond acceptors (Lipinski definition) is 10. The first-order valence-electron chi connectivity index (χ1n) is 11.1. The number of aliphatic hydroxyl groups is 1. The Hall–Kier alpha value is -3.61. The van der Waals surface area contributed by atoms with Crippen LogP contribution in [-0.2, 0) is 20.7 Å². The largest absolute Gasteiger partial charge is 0.504 e. The highest BCUT2D eigenvalue weighted by molar-refractivity contribution is 6.25. The quantitative estimate of drug-likeness (QED) is 0.149. The van der Waals surface area contributed by atoms with E-state index in [2.05, 4.69) is 16.4 Å². The fourth-order valence-electron chi connectivity index (χ4n) is 5.41. The Balaban J connectivity index is 0.000000672. The zero-order chi connectivity index (χ0) is 25.7. The first kappa shape index (κ1) is 24.5. The van der Waals surface area contributed by atoms with Crippen LogP contribution in [0.2, 0.25) is 0 Å². The molecule has 2 saturated heterocycles. The molecule has 0 saturated carbocycles. The summed E-state index contributed by atoms with van der Waals surface area (Å²) < 4.78 is 5.87. The predicted octanol–water partition coefficient (Wildman–Crippen LogP) is -0.846. The number of carbonyl (C=O) groups excluding carboxylic acids is 2. The van der Waals surface area contributed by atoms with E-state index in [9.17, 15) is 24.9 Å². The van der Waals surface area contributed by atoms with Crippen molar-refractivity contribution in [3.63, 3.8) is 0 Å². The fourth-order valence-corrected chi connectivity index (χ4v) is 5.41. The van der Waals surface area contributed by atoms with Crippen molar-refractivity contribution in [2.24, 2.45) is 11.7 Å². The summed E-state index contributed by atoms with van der Waals surface area (Å²) >= 11 is 0. The van der Waals surface area contributed by atoms with Crippen molar-refractivity contribution in [1.82, 2.24) is 15.5 Å². The number of nitrogens with zero attached hydrogens (tertiary/aromatic N) is 1. The standard InChI is InChI=1S/C22H25N3O6.CH3NO2/c1-10-17(23-6-5-11-3-4-14(27)15(28)7-11)20(30)16-12(9-26)22(31-2)21-13(24-21)8-25(22)18(16)19(10)29;2-1(3)4/h3-4,7,12-13,21,23-24,26-28H,5-6,8-9H2,1-2H3;2H2,(H,3,4). The topological polar surface area (TPSA) is 205 Å². The highest BCUT2D eigenvalue weighted by atomic mass is 16.5. The van der Waals surface area contributed by atoms with Crippen LogP contribution in [-0.4, -0.2) is 87.6 Å². The minimum Gasteiger partial charge on any atom is -0.504 e. The number of phenols is 2. The third-order valence-corrected chi connectivity index (χ3v) is 6.97. The minimum absolute atomic E-state index is 0.0280. The Labute approximate surface area is 200 Å². The van der Waals surface area contributed by atoms with Gasteiger partial charge in [0.15, 0.2) is 17.2 Å². The molecule has 4 unspecified atom stereocenters. The maximum atomic E-state index is 13.5. The molecule has 12 heteroatoms. The number of benzene rings is 1. The summed E-state index contributed by atoms with van der Waals surface area (Å²) in [6.07, 6.45) is -0.858. The van der Waals surface area contributed by atoms with Gasteiger partial charge < -0.3 is 46.4 Å². The van der Waals surface area contributed by atoms with Gasteiger partial charge in [-0.2, -0.15) is 0 Å². The summed E-state index contributed by atoms with van der Waals surface area (Å²) in [6.45, 7) is 2.25. The molecule has 12 nitrogen and oxygen atoms in total. The Bertz CT molecular complexity index is 1160. The van der Waals surface area contributed by atoms with Crippen LogP contribution in [0.15, 0.2) is 40.7 Å². The number of amides is 1. The molecule has 188 valence electrons. The van der Waals surface area contributed by atoms with Crippen LogP contribution < -0.4 is 16.4 Å². The number of ether oxygens (including phenoxy) is 1. The van der Waals surface area contributed by atoms with Gasteiger partial charge in [0.25, 0.3) is 0 Å². The lowest BCUT2D eigenvalue weighted by Gasteiger charge is -2.39. The maximum absolute atomic E-state index is 13.5. The number of phenolic OH excluding ortho intramolecular Hbond substituents is 2. The summed E-state index contributed by atoms with van der Waals surface area (Å²) in [5.74, 6) is -1.53. The van der Waals surface area contributed by atoms with E-state index in [1.54, 1.807) is 20.1 Å². The molecule has 0 aromatic heterocycles. The average Bonchev–Trinajstić information content (AvgIpc) is 3.41. The number of primary amides is 1. The van der Waals surface area contributed by atoms with Crippen LogP contribution >= 0.6 is 0 Å². The zero-order valence-corrected chi connectivity index (χ0v) is 19.2. The van der Waals surface area contributed by atoms with E-state index < -0.39 is 17.7 Å². The number of hydrogen-bond donors (Lipinski definition) is 7. The summed E-state index contributed by atoms with van der Waals surface area (Å²) in [4.78, 5) is 37.4. The average molecular weight is 488 g/mol. The van der Waals surface area contributed by atoms with Crippen molar-refractivity contribution in [1.29, 1.82) is 0 Å². The SMILES string of the molecule is COC12C(CO)C3=C(C(=O)C(C)=C(NCCc4ccc(O)c(O)c4)C3=O)N1CC1NC12.NC(=O)O. The van der Waals surface area contributed by atoms with Gasteiger partial charge in [-0.05, 0) is 31.0 Å². The number of allylic oxidation sites excluding steroid dienone is 2. The molecule has 0 bridgehead atoms. The number of aromatic hydroxyl groups is 2. The van der Waals surface area contributed by atoms with E-state index in [0.717, 1.165) is 5.56 Å². The molecule has 1 amide bonds. The third-order valence-electron chi connectivity index (χ3n) is 6.97. The van der Waals surface area contributed by atoms with Gasteiger partial charge in [0, 0.05) is 37.4 Å². The van der Waals surface area contributed by atoms with Crippen molar-refractivity contribution in [3.8, 4) is 11.5 Å². The third kappa shape index (κ3) is 3.79. The lowest BCUT2D eigenvalue weighted by Crippen LogP contribution is -2.54. The minimum atomic E-state index is -1.33. The number of nitrogens with two attached hydrogens (primary N) is 1. The first-order chi connectivity index (χ1) is 16.6. The van der Waals surface area contributed by atoms with E-state index in [1.165, 1.54) is 12.1 Å². The van der Waals surface area contributed by atoms with E-state index in [-0.39, 0.29) is 47.5 Å². The van der Waals surface area contributed by atoms with E-state index in [1.807, 2.05) is 4.90 Å². The second-order valence-electron chi connectivity index (χ2n) is 8.81. The van der Waals surface area contributed by atoms with Gasteiger partial charge in [0.1, 0.15) is 0 Å². The number of ketones is 2. The van der Waals surface area contributed by atoms with Crippen LogP contribution in [0.1, 0.15) is 12.5 Å². The molecule has 4 atom stereocenters. The number of nitrogens with one attached hydrogen (secondary N) is 2. The van der Waals surface area contributed by atoms with Crippen molar-refractivity contribution in [2.45, 2.75) is 31.2 Å². The highest BCUT2D eigenvalue weighted by Crippen LogP contribution is 2.55. The smallest absolute Gasteiger partial charge is 0.402 e. The molecule has 1 aromatic rings. The molecule has 0 spiro atoms. The van der Waals surface area contributed by atoms with Crippen molar-refractivity contribution in [3.05, 3.63) is 46.3 Å². The number of Topliss-reactive ketones (excluding diaryl/α,β-unsaturated/α-hetero) is 2. The van der Waals surface area contributed by atoms with Crippen LogP contribution in [0, 0.1) is 5.92 Å². The Morgan fingerprint density at radius 3 is 2.57 bits per heavy atom. The first-order valence-corrected chi connectivity index (χ1v) is 11.1. The molecule has 3 heterocycles. The molecule has 2 fully saturated rings. The molecule has 0 radical (unpaired) electrons. The summed E-state index contributed by atoms with van der Waals surface area (Å²) in [5, 5.41) is 42.9. The summed E-state index contributed by atoms with van der Waals surface area (Å²) in [6, 6.07) is 4.71. The molecular formula is C23H28N4O8. The number of carbonyl (C=O) groups is 3. The van der Waals surface area contributed by atoms with Gasteiger partial charge in [0.2, 0.25) is 11.6 Å². The summed E-state index contributed by atoms with van der Waals surface area (Å²) in [5.41, 5.74) is 5.12. The Kier molecular flexibility index (Phi) is 6.21. The fraction of sp³-hybridized carbons (Fsp3) is 0.435. The number of piperazine rings is 1. The monoisotopic (exact) mass is 488 g/mol. The van der Waals surface area contributed by atoms with Gasteiger partial charge in [-0.3, -0.25) is 9.59 Å². The normalized spacial score (nSPS) is 28.3. The van der Waals surface area contributed by atoms with Crippen LogP contribution in [0.4, 0.5) is 4.79 Å². The molecule has 3 aliphatic heterocycles. The molecular weight excluding hydrogens is 460 g/mol. The van der Waals surface area contributed by atoms with Crippen LogP contribution in [0.3, 0.4) is 0 Å². The molecule has 1 aromatic carbocycles. The van der Waals surface area contributed by atoms with Crippen LogP contribution in [0.5, 0.6) is 11.5 Å². The van der Waals surface area contributed by atoms with Crippen molar-refractivity contribution in [2.75, 3.05) is 26.8 Å². The number of rotatable bonds is 6. The molecule has 4 aliphatic rings. The van der Waals surface area contributed by atoms with E-state index in [4.69, 9.17) is 14.6 Å². The number of fused-ring (bicyclic) bond motifs is 4. The molecule has 1 aliphatic carbocycles. The van der Waals surface area contributed by atoms with Gasteiger partial charge in [-0.1, -0.05) is 6.07 Å². The van der Waals surface area contributed by atoms with Crippen molar-refractivity contribution >= 4 is 17.7 Å². The molecule has 5 rings (SSSR count). The van der Waals surface area contributed by atoms with E-state index in [0.29, 0.717) is 36.4 Å². The van der Waals surface area contributed by atoms with Crippen LogP contribution in [0.25, 0.3) is 0 Å². The second-order valence-corrected chi connectivity index (χ2v) is 8.81. The Morgan fingerprint density at radius 2 is 1.97 bits per heavy atom. The second kappa shape index (κ2) is 8.87. The number of methoxy groups -OCH3 is 1. The molecule has 35 heavy (non-hydrogen) atoms. The lowest BCUT2D eigenvalue weighted by atomic mass is 9.82. The lowest BCUT2D eigenvalue weighted by molar-refractivity contribution is -0.137. The van der Waals surface area contributed by atoms with Gasteiger partial charge >= 0.3 is 6.09 Å². The van der Waals surface area contributed by atoms with Gasteiger partial charge in [-0.15, -0.1) is 0 Å². The van der Waals surface area contributed by atoms with E-state index >= 15 is 0 Å². The summed E-state index contributed by atoms with van der Waals surface area (Å²) in [7, 11) is 1.55. The zero-order valence-electron chi connectivity index (χ0n) is 19.2. The number of aliphatic hydroxyl groups excluding tert-OH is 1. The van der Waals surface area contributed by atoms with Gasteiger partial charge in [0.05, 0.1) is 30.0 Å². The predicted molar refractivity (Wildman–Crippen MR) is 121 cm³/mol. The highest BCUT2D eigenvalue weighted by Gasteiger charge is 2.72. The molecule has 8 N–H and O–H groups in total. The number of carboxylic acid groups (broad SMARTS) is 1. The van der Waals surface area contributed by atoms with Crippen molar-refractivity contribution < 1.29 is 39.5 Å². The Morgan fingerprint density at radius 1 is 1.29 bits per heavy atom. The maximum Gasteiger partial charge on any atom is 0.402 e.